The van der Waals surface area contributed by atoms with Gasteiger partial charge in [-0.15, -0.1) is 0 Å². The van der Waals surface area contributed by atoms with Crippen molar-refractivity contribution in [3.63, 3.8) is 0 Å². The van der Waals surface area contributed by atoms with Crippen molar-refractivity contribution >= 4 is 36.1 Å². The molecule has 0 bridgehead atoms. The standard InChI is InChI=1S/2C17H16ClNO.C4H4O4/c2*1-19-9-14-12-4-2-3-5-16(12)20-17-7-6-11(18)8-13(17)15(14)10-19;5-3-7-1-2-8-4-6/h2*2-8,14-15H,9-10H2,1H3;1-4H/b;;2-1-/t2*14-,15-;/m00./s1. The minimum atomic E-state index is 0.213. The third-order valence-electron chi connectivity index (χ3n) is 9.15. The van der Waals surface area contributed by atoms with Gasteiger partial charge in [0.25, 0.3) is 12.9 Å². The summed E-state index contributed by atoms with van der Waals surface area (Å²) in [6.45, 7) is 4.66. The lowest BCUT2D eigenvalue weighted by molar-refractivity contribution is -0.126. The van der Waals surface area contributed by atoms with E-state index in [0.29, 0.717) is 23.7 Å². The van der Waals surface area contributed by atoms with E-state index in [4.69, 9.17) is 32.7 Å². The molecule has 4 aromatic carbocycles. The van der Waals surface area contributed by atoms with E-state index in [2.05, 4.69) is 81.9 Å². The molecule has 4 aromatic rings. The number of ether oxygens (including phenoxy) is 4. The Bertz CT molecular complexity index is 1670. The number of fused-ring (bicyclic) bond motifs is 10. The molecule has 0 radical (unpaired) electrons. The first-order valence-corrected chi connectivity index (χ1v) is 16.4. The molecule has 8 nitrogen and oxygen atoms in total. The highest BCUT2D eigenvalue weighted by Gasteiger charge is 2.39. The predicted octanol–water partition coefficient (Wildman–Crippen LogP) is 8.32. The number of carbonyl (C=O) groups is 2. The molecule has 4 aliphatic rings. The molecule has 0 aromatic heterocycles. The van der Waals surface area contributed by atoms with E-state index in [9.17, 15) is 9.59 Å². The van der Waals surface area contributed by atoms with Gasteiger partial charge in [0.05, 0.1) is 0 Å². The maximum atomic E-state index is 9.35. The Labute approximate surface area is 290 Å². The Morgan fingerprint density at radius 1 is 0.562 bits per heavy atom. The van der Waals surface area contributed by atoms with Crippen LogP contribution in [0, 0.1) is 0 Å². The summed E-state index contributed by atoms with van der Waals surface area (Å²) in [6.07, 6.45) is 1.89. The molecule has 0 aliphatic carbocycles. The summed E-state index contributed by atoms with van der Waals surface area (Å²) in [5.74, 6) is 5.74. The molecule has 10 heteroatoms. The van der Waals surface area contributed by atoms with Crippen molar-refractivity contribution in [1.29, 1.82) is 0 Å². The highest BCUT2D eigenvalue weighted by atomic mass is 35.5. The van der Waals surface area contributed by atoms with Gasteiger partial charge in [-0.1, -0.05) is 59.6 Å². The zero-order valence-electron chi connectivity index (χ0n) is 26.6. The van der Waals surface area contributed by atoms with Crippen LogP contribution in [0.15, 0.2) is 97.5 Å². The van der Waals surface area contributed by atoms with Gasteiger partial charge < -0.3 is 28.7 Å². The summed E-state index contributed by atoms with van der Waals surface area (Å²) >= 11 is 12.4. The Morgan fingerprint density at radius 2 is 0.917 bits per heavy atom. The Hall–Kier alpha value is -4.34. The van der Waals surface area contributed by atoms with Gasteiger partial charge in [0.1, 0.15) is 35.5 Å². The van der Waals surface area contributed by atoms with E-state index in [0.717, 1.165) is 71.7 Å². The van der Waals surface area contributed by atoms with Gasteiger partial charge in [-0.05, 0) is 73.8 Å². The minimum Gasteiger partial charge on any atom is -0.457 e. The van der Waals surface area contributed by atoms with Crippen LogP contribution in [0.5, 0.6) is 23.0 Å². The molecule has 2 saturated heterocycles. The van der Waals surface area contributed by atoms with Crippen LogP contribution in [0.3, 0.4) is 0 Å². The van der Waals surface area contributed by atoms with Crippen molar-refractivity contribution in [2.75, 3.05) is 40.3 Å². The number of hydrogen-bond donors (Lipinski definition) is 0. The van der Waals surface area contributed by atoms with Crippen LogP contribution in [-0.2, 0) is 19.1 Å². The van der Waals surface area contributed by atoms with Crippen LogP contribution in [0.2, 0.25) is 10.0 Å². The monoisotopic (exact) mass is 686 g/mol. The van der Waals surface area contributed by atoms with E-state index in [1.807, 2.05) is 36.4 Å². The highest BCUT2D eigenvalue weighted by molar-refractivity contribution is 6.31. The summed E-state index contributed by atoms with van der Waals surface area (Å²) in [7, 11) is 4.37. The fourth-order valence-electron chi connectivity index (χ4n) is 7.19. The van der Waals surface area contributed by atoms with E-state index in [1.165, 1.54) is 22.3 Å². The summed E-state index contributed by atoms with van der Waals surface area (Å²) in [5, 5.41) is 1.57. The number of hydrogen-bond acceptors (Lipinski definition) is 8. The minimum absolute atomic E-state index is 0.213. The fourth-order valence-corrected chi connectivity index (χ4v) is 7.55. The van der Waals surface area contributed by atoms with Crippen molar-refractivity contribution < 1.29 is 28.5 Å². The maximum Gasteiger partial charge on any atom is 0.298 e. The molecular weight excluding hydrogens is 651 g/mol. The molecule has 48 heavy (non-hydrogen) atoms. The van der Waals surface area contributed by atoms with Crippen LogP contribution in [0.25, 0.3) is 0 Å². The van der Waals surface area contributed by atoms with Crippen molar-refractivity contribution in [3.8, 4) is 23.0 Å². The largest absolute Gasteiger partial charge is 0.457 e. The Kier molecular flexibility index (Phi) is 10.7. The molecule has 4 atom stereocenters. The zero-order valence-corrected chi connectivity index (χ0v) is 28.1. The van der Waals surface area contributed by atoms with Gasteiger partial charge in [0.15, 0.2) is 0 Å². The quantitative estimate of drug-likeness (QED) is 0.157. The summed E-state index contributed by atoms with van der Waals surface area (Å²) in [4.78, 5) is 23.5. The number of carbonyl (C=O) groups excluding carboxylic acids is 2. The van der Waals surface area contributed by atoms with Crippen molar-refractivity contribution in [2.45, 2.75) is 23.7 Å². The topological polar surface area (TPSA) is 77.5 Å². The number of rotatable bonds is 4. The van der Waals surface area contributed by atoms with Crippen LogP contribution >= 0.6 is 23.2 Å². The molecule has 0 amide bonds. The normalized spacial score (nSPS) is 21.7. The smallest absolute Gasteiger partial charge is 0.298 e. The Morgan fingerprint density at radius 3 is 1.31 bits per heavy atom. The highest BCUT2D eigenvalue weighted by Crippen LogP contribution is 2.51. The first kappa shape index (κ1) is 33.6. The number of likely N-dealkylation sites (tertiary alicyclic amines) is 2. The van der Waals surface area contributed by atoms with Gasteiger partial charge in [-0.25, -0.2) is 0 Å². The molecule has 0 N–H and O–H groups in total. The SMILES string of the molecule is CN1C[C@H]2c3ccccc3Oc3ccc(Cl)cc3[C@@H]2C1.CN1C[C@H]2c3ccccc3Oc3ccc(Cl)cc3[C@@H]2C1.O=CO/C=C\OC=O. The molecule has 4 aliphatic heterocycles. The average Bonchev–Trinajstić information content (AvgIpc) is 3.61. The summed E-state index contributed by atoms with van der Waals surface area (Å²) in [6, 6.07) is 28.7. The van der Waals surface area contributed by atoms with E-state index < -0.39 is 0 Å². The number of benzene rings is 4. The number of nitrogens with zero attached hydrogens (tertiary/aromatic N) is 2. The fraction of sp³-hybridized carbons (Fsp3) is 0.263. The van der Waals surface area contributed by atoms with Gasteiger partial charge in [0.2, 0.25) is 0 Å². The van der Waals surface area contributed by atoms with E-state index in [-0.39, 0.29) is 12.9 Å². The summed E-state index contributed by atoms with van der Waals surface area (Å²) in [5.41, 5.74) is 5.11. The van der Waals surface area contributed by atoms with Gasteiger partial charge >= 0.3 is 0 Å². The molecule has 248 valence electrons. The average molecular weight is 688 g/mol. The second kappa shape index (κ2) is 15.3. The van der Waals surface area contributed by atoms with Crippen LogP contribution < -0.4 is 9.47 Å². The van der Waals surface area contributed by atoms with Crippen molar-refractivity contribution in [2.24, 2.45) is 0 Å². The van der Waals surface area contributed by atoms with Crippen molar-refractivity contribution in [1.82, 2.24) is 9.80 Å². The second-order valence-electron chi connectivity index (χ2n) is 12.2. The molecular formula is C38H36Cl2N2O6. The Balaban J connectivity index is 0.000000138. The van der Waals surface area contributed by atoms with Crippen LogP contribution in [0.4, 0.5) is 0 Å². The van der Waals surface area contributed by atoms with Gasteiger partial charge in [-0.3, -0.25) is 9.59 Å². The number of halogens is 2. The molecule has 0 spiro atoms. The van der Waals surface area contributed by atoms with Crippen LogP contribution in [-0.4, -0.2) is 63.0 Å². The predicted molar refractivity (Wildman–Crippen MR) is 185 cm³/mol. The van der Waals surface area contributed by atoms with E-state index in [1.54, 1.807) is 0 Å². The van der Waals surface area contributed by atoms with E-state index >= 15 is 0 Å². The van der Waals surface area contributed by atoms with Crippen LogP contribution in [0.1, 0.15) is 45.9 Å². The first-order chi connectivity index (χ1) is 23.4. The second-order valence-corrected chi connectivity index (χ2v) is 13.1. The molecule has 0 unspecified atom stereocenters. The number of likely N-dealkylation sites (N-methyl/N-ethyl adjacent to an activating group) is 2. The third-order valence-corrected chi connectivity index (χ3v) is 9.62. The molecule has 0 saturated carbocycles. The first-order valence-electron chi connectivity index (χ1n) is 15.7. The molecule has 8 rings (SSSR count). The summed E-state index contributed by atoms with van der Waals surface area (Å²) < 4.78 is 20.3. The molecule has 4 heterocycles. The van der Waals surface area contributed by atoms with Crippen molar-refractivity contribution in [3.05, 3.63) is 130 Å². The number of para-hydroxylation sites is 2. The lowest BCUT2D eigenvalue weighted by atomic mass is 9.84. The zero-order chi connectivity index (χ0) is 33.6. The lowest BCUT2D eigenvalue weighted by Crippen LogP contribution is -2.14. The molecule has 2 fully saturated rings. The lowest BCUT2D eigenvalue weighted by Gasteiger charge is -2.17. The third kappa shape index (κ3) is 7.37. The van der Waals surface area contributed by atoms with Gasteiger partial charge in [0, 0.05) is 71.0 Å². The maximum absolute atomic E-state index is 9.35. The van der Waals surface area contributed by atoms with Gasteiger partial charge in [-0.2, -0.15) is 0 Å².